The summed E-state index contributed by atoms with van der Waals surface area (Å²) in [6.45, 7) is 13.5. The minimum absolute atomic E-state index is 0.00413. The first kappa shape index (κ1) is 32.0. The molecule has 248 valence electrons. The number of hydrogen-bond donors (Lipinski definition) is 2. The minimum Gasteiger partial charge on any atom is -0.389 e. The van der Waals surface area contributed by atoms with Gasteiger partial charge >= 0.3 is 0 Å². The van der Waals surface area contributed by atoms with Gasteiger partial charge in [0, 0.05) is 42.8 Å². The van der Waals surface area contributed by atoms with Crippen molar-refractivity contribution >= 4 is 6.08 Å². The largest absolute Gasteiger partial charge is 0.389 e. The van der Waals surface area contributed by atoms with Gasteiger partial charge in [-0.25, -0.2) is 0 Å². The van der Waals surface area contributed by atoms with E-state index in [1.54, 1.807) is 0 Å². The van der Waals surface area contributed by atoms with E-state index in [9.17, 15) is 10.2 Å². The highest BCUT2D eigenvalue weighted by Gasteiger charge is 2.64. The van der Waals surface area contributed by atoms with Crippen molar-refractivity contribution in [1.29, 1.82) is 0 Å². The third kappa shape index (κ3) is 5.70. The van der Waals surface area contributed by atoms with Gasteiger partial charge in [0.1, 0.15) is 0 Å². The van der Waals surface area contributed by atoms with E-state index in [0.29, 0.717) is 38.1 Å². The van der Waals surface area contributed by atoms with Crippen LogP contribution in [0.25, 0.3) is 6.08 Å². The molecule has 3 saturated carbocycles. The zero-order valence-corrected chi connectivity index (χ0v) is 28.0. The van der Waals surface area contributed by atoms with Crippen LogP contribution in [-0.2, 0) is 18.9 Å². The Bertz CT molecular complexity index is 1270. The van der Waals surface area contributed by atoms with E-state index in [1.165, 1.54) is 16.7 Å². The van der Waals surface area contributed by atoms with Crippen LogP contribution in [0.2, 0.25) is 0 Å². The molecule has 1 unspecified atom stereocenters. The molecule has 7 atom stereocenters. The lowest BCUT2D eigenvalue weighted by molar-refractivity contribution is -0.322. The number of aliphatic hydroxyl groups is 2. The van der Waals surface area contributed by atoms with E-state index in [2.05, 4.69) is 51.6 Å². The summed E-state index contributed by atoms with van der Waals surface area (Å²) in [5, 5.41) is 25.0. The molecule has 2 N–H and O–H groups in total. The van der Waals surface area contributed by atoms with Crippen molar-refractivity contribution in [2.24, 2.45) is 22.7 Å². The predicted octanol–water partition coefficient (Wildman–Crippen LogP) is 7.68. The summed E-state index contributed by atoms with van der Waals surface area (Å²) >= 11 is 0. The first-order chi connectivity index (χ1) is 21.5. The van der Waals surface area contributed by atoms with Crippen LogP contribution < -0.4 is 0 Å². The maximum Gasteiger partial charge on any atom is 0.171 e. The number of ether oxygens (including phenoxy) is 4. The van der Waals surface area contributed by atoms with Gasteiger partial charge in [-0.05, 0) is 99.2 Å². The average Bonchev–Trinajstić information content (AvgIpc) is 3.30. The van der Waals surface area contributed by atoms with Crippen LogP contribution in [0.5, 0.6) is 0 Å². The van der Waals surface area contributed by atoms with Crippen LogP contribution in [0.3, 0.4) is 0 Å². The summed E-state index contributed by atoms with van der Waals surface area (Å²) in [5.41, 5.74) is 3.25. The fourth-order valence-corrected chi connectivity index (χ4v) is 10.3. The molecular weight excluding hydrogens is 564 g/mol. The second-order valence-electron chi connectivity index (χ2n) is 16.4. The molecule has 7 rings (SSSR count). The van der Waals surface area contributed by atoms with Crippen LogP contribution in [-0.4, -0.2) is 59.9 Å². The maximum atomic E-state index is 12.5. The average molecular weight is 621 g/mol. The number of fused-ring (bicyclic) bond motifs is 4. The first-order valence-electron chi connectivity index (χ1n) is 17.9. The van der Waals surface area contributed by atoms with Crippen molar-refractivity contribution < 1.29 is 29.2 Å². The van der Waals surface area contributed by atoms with Gasteiger partial charge in [0.2, 0.25) is 0 Å². The lowest BCUT2D eigenvalue weighted by Crippen LogP contribution is -2.58. The highest BCUT2D eigenvalue weighted by atomic mass is 16.7. The fourth-order valence-electron chi connectivity index (χ4n) is 10.3. The molecule has 1 aromatic rings. The predicted molar refractivity (Wildman–Crippen MR) is 175 cm³/mol. The molecule has 1 spiro atoms. The van der Waals surface area contributed by atoms with Gasteiger partial charge in [-0.2, -0.15) is 0 Å². The molecule has 4 aliphatic carbocycles. The maximum absolute atomic E-state index is 12.5. The summed E-state index contributed by atoms with van der Waals surface area (Å²) in [5.74, 6) is 0.239. The summed E-state index contributed by atoms with van der Waals surface area (Å²) in [4.78, 5) is 0. The first-order valence-corrected chi connectivity index (χ1v) is 17.9. The Kier molecular flexibility index (Phi) is 8.44. The Morgan fingerprint density at radius 1 is 0.978 bits per heavy atom. The quantitative estimate of drug-likeness (QED) is 0.241. The molecule has 0 bridgehead atoms. The fraction of sp³-hybridized carbons (Fsp3) is 0.744. The van der Waals surface area contributed by atoms with E-state index in [-0.39, 0.29) is 23.0 Å². The number of rotatable bonds is 7. The molecule has 0 radical (unpaired) electrons. The van der Waals surface area contributed by atoms with Crippen LogP contribution in [0.15, 0.2) is 42.0 Å². The number of benzene rings is 1. The molecule has 1 aromatic carbocycles. The van der Waals surface area contributed by atoms with Crippen molar-refractivity contribution in [3.05, 3.63) is 53.1 Å². The van der Waals surface area contributed by atoms with Crippen molar-refractivity contribution in [3.8, 4) is 0 Å². The van der Waals surface area contributed by atoms with E-state index < -0.39 is 17.0 Å². The molecule has 0 aromatic heterocycles. The van der Waals surface area contributed by atoms with E-state index in [4.69, 9.17) is 18.9 Å². The van der Waals surface area contributed by atoms with E-state index >= 15 is 0 Å². The Labute approximate surface area is 270 Å². The topological polar surface area (TPSA) is 77.4 Å². The van der Waals surface area contributed by atoms with Crippen molar-refractivity contribution in [3.63, 3.8) is 0 Å². The SMILES string of the molecule is C=Cc1ccc([C@H]2C[C@]3(C)[C@@H](CC[C@]3(O)CCCOC3CCCCO3)[C@@H]3CC[C@@]4(O)CC5(CCC4=C32)OCC(C)(C)CO5)cc1. The van der Waals surface area contributed by atoms with Crippen LogP contribution in [0, 0.1) is 22.7 Å². The Morgan fingerprint density at radius 3 is 2.47 bits per heavy atom. The summed E-state index contributed by atoms with van der Waals surface area (Å²) in [6, 6.07) is 8.85. The third-order valence-corrected chi connectivity index (χ3v) is 12.9. The molecule has 2 heterocycles. The normalized spacial score (nSPS) is 40.5. The molecular formula is C39H56O6. The Morgan fingerprint density at radius 2 is 1.76 bits per heavy atom. The second-order valence-corrected chi connectivity index (χ2v) is 16.4. The summed E-state index contributed by atoms with van der Waals surface area (Å²) in [7, 11) is 0. The monoisotopic (exact) mass is 620 g/mol. The van der Waals surface area contributed by atoms with Crippen LogP contribution >= 0.6 is 0 Å². The van der Waals surface area contributed by atoms with Gasteiger partial charge in [-0.15, -0.1) is 0 Å². The lowest BCUT2D eigenvalue weighted by atomic mass is 9.49. The number of hydrogen-bond acceptors (Lipinski definition) is 6. The Hall–Kier alpha value is -1.54. The molecule has 0 amide bonds. The molecule has 5 fully saturated rings. The van der Waals surface area contributed by atoms with Gasteiger partial charge in [-0.1, -0.05) is 63.3 Å². The number of allylic oxidation sites excluding steroid dienone is 1. The molecule has 6 nitrogen and oxygen atoms in total. The zero-order valence-electron chi connectivity index (χ0n) is 28.0. The molecule has 45 heavy (non-hydrogen) atoms. The molecule has 2 saturated heterocycles. The minimum atomic E-state index is -0.911. The third-order valence-electron chi connectivity index (χ3n) is 12.9. The highest BCUT2D eigenvalue weighted by molar-refractivity contribution is 5.50. The van der Waals surface area contributed by atoms with Gasteiger partial charge in [0.25, 0.3) is 0 Å². The highest BCUT2D eigenvalue weighted by Crippen LogP contribution is 2.68. The van der Waals surface area contributed by atoms with E-state index in [0.717, 1.165) is 89.2 Å². The summed E-state index contributed by atoms with van der Waals surface area (Å²) < 4.78 is 24.8. The van der Waals surface area contributed by atoms with Crippen molar-refractivity contribution in [2.45, 2.75) is 133 Å². The van der Waals surface area contributed by atoms with Crippen LogP contribution in [0.1, 0.15) is 121 Å². The van der Waals surface area contributed by atoms with Crippen molar-refractivity contribution in [1.82, 2.24) is 0 Å². The zero-order chi connectivity index (χ0) is 31.5. The Balaban J connectivity index is 1.18. The van der Waals surface area contributed by atoms with Gasteiger partial charge in [0.05, 0.1) is 24.4 Å². The van der Waals surface area contributed by atoms with Gasteiger partial charge < -0.3 is 29.2 Å². The van der Waals surface area contributed by atoms with Gasteiger partial charge in [0.15, 0.2) is 12.1 Å². The molecule has 6 heteroatoms. The van der Waals surface area contributed by atoms with Crippen LogP contribution in [0.4, 0.5) is 0 Å². The van der Waals surface area contributed by atoms with E-state index in [1.807, 2.05) is 6.08 Å². The standard InChI is InChI=1S/C39H56O6/c1-5-27-10-12-28(13-11-27)30-23-36(4)31(15-19-38(36,41)17-8-22-43-33-9-6-7-21-42-33)29-14-18-37(40)24-39(20-16-32(37)34(29)30)44-25-35(2,3)26-45-39/h5,10-13,29-31,33,40-41H,1,6-9,14-26H2,2-4H3/t29-,30+,31-,33?,36+,37+,38+/m0/s1. The summed E-state index contributed by atoms with van der Waals surface area (Å²) in [6.07, 6.45) is 13.2. The smallest absolute Gasteiger partial charge is 0.171 e. The molecule has 2 aliphatic heterocycles. The lowest BCUT2D eigenvalue weighted by Gasteiger charge is -2.58. The van der Waals surface area contributed by atoms with Crippen molar-refractivity contribution in [2.75, 3.05) is 26.4 Å². The second kappa shape index (κ2) is 11.9. The molecule has 6 aliphatic rings. The van der Waals surface area contributed by atoms with Gasteiger partial charge in [-0.3, -0.25) is 0 Å².